The Morgan fingerprint density at radius 3 is 2.45 bits per heavy atom. The van der Waals surface area contributed by atoms with Crippen molar-refractivity contribution in [2.24, 2.45) is 0 Å². The van der Waals surface area contributed by atoms with Crippen molar-refractivity contribution in [1.82, 2.24) is 5.32 Å². The molecular formula is C16H16Cl2FN. The van der Waals surface area contributed by atoms with Gasteiger partial charge in [-0.05, 0) is 35.4 Å². The van der Waals surface area contributed by atoms with Gasteiger partial charge in [0, 0.05) is 28.2 Å². The van der Waals surface area contributed by atoms with Crippen LogP contribution in [0.2, 0.25) is 10.0 Å². The topological polar surface area (TPSA) is 12.0 Å². The van der Waals surface area contributed by atoms with Crippen LogP contribution in [0.25, 0.3) is 11.1 Å². The van der Waals surface area contributed by atoms with Crippen molar-refractivity contribution in [3.05, 3.63) is 57.8 Å². The zero-order chi connectivity index (χ0) is 14.7. The van der Waals surface area contributed by atoms with Gasteiger partial charge in [0.25, 0.3) is 0 Å². The molecule has 2 aromatic rings. The summed E-state index contributed by atoms with van der Waals surface area (Å²) < 4.78 is 13.6. The van der Waals surface area contributed by atoms with Gasteiger partial charge < -0.3 is 5.32 Å². The third-order valence-electron chi connectivity index (χ3n) is 2.99. The Morgan fingerprint density at radius 2 is 1.80 bits per heavy atom. The van der Waals surface area contributed by atoms with Crippen LogP contribution >= 0.6 is 23.2 Å². The van der Waals surface area contributed by atoms with Crippen LogP contribution in [0.1, 0.15) is 19.4 Å². The Kier molecular flexibility index (Phi) is 5.03. The molecule has 1 nitrogen and oxygen atoms in total. The molecule has 0 fully saturated rings. The molecule has 0 aliphatic rings. The summed E-state index contributed by atoms with van der Waals surface area (Å²) in [6.07, 6.45) is 0. The van der Waals surface area contributed by atoms with Gasteiger partial charge in [0.15, 0.2) is 0 Å². The molecule has 0 aliphatic heterocycles. The highest BCUT2D eigenvalue weighted by molar-refractivity contribution is 6.36. The first-order chi connectivity index (χ1) is 9.47. The Labute approximate surface area is 128 Å². The van der Waals surface area contributed by atoms with Gasteiger partial charge in [0.2, 0.25) is 0 Å². The van der Waals surface area contributed by atoms with Crippen molar-refractivity contribution < 1.29 is 4.39 Å². The van der Waals surface area contributed by atoms with E-state index in [1.165, 1.54) is 12.1 Å². The van der Waals surface area contributed by atoms with E-state index in [-0.39, 0.29) is 5.82 Å². The van der Waals surface area contributed by atoms with Crippen molar-refractivity contribution in [3.63, 3.8) is 0 Å². The molecule has 2 rings (SSSR count). The first-order valence-corrected chi connectivity index (χ1v) is 7.20. The highest BCUT2D eigenvalue weighted by Gasteiger charge is 2.11. The maximum absolute atomic E-state index is 13.6. The van der Waals surface area contributed by atoms with Crippen LogP contribution in [-0.2, 0) is 6.54 Å². The van der Waals surface area contributed by atoms with Crippen molar-refractivity contribution in [1.29, 1.82) is 0 Å². The Hall–Kier alpha value is -1.09. The van der Waals surface area contributed by atoms with Gasteiger partial charge in [-0.3, -0.25) is 0 Å². The van der Waals surface area contributed by atoms with Crippen LogP contribution in [0, 0.1) is 5.82 Å². The van der Waals surface area contributed by atoms with Crippen LogP contribution in [0.15, 0.2) is 36.4 Å². The lowest BCUT2D eigenvalue weighted by Crippen LogP contribution is -2.22. The summed E-state index contributed by atoms with van der Waals surface area (Å²) in [5, 5.41) is 4.42. The molecule has 0 aliphatic carbocycles. The second kappa shape index (κ2) is 6.57. The van der Waals surface area contributed by atoms with E-state index in [1.54, 1.807) is 18.2 Å². The number of nitrogens with one attached hydrogen (secondary N) is 1. The highest BCUT2D eigenvalue weighted by atomic mass is 35.5. The second-order valence-corrected chi connectivity index (χ2v) is 5.80. The van der Waals surface area contributed by atoms with Crippen molar-refractivity contribution in [2.75, 3.05) is 0 Å². The Bertz CT molecular complexity index is 611. The lowest BCUT2D eigenvalue weighted by Gasteiger charge is -2.14. The van der Waals surface area contributed by atoms with Crippen LogP contribution < -0.4 is 5.32 Å². The summed E-state index contributed by atoms with van der Waals surface area (Å²) in [6.45, 7) is 4.79. The minimum Gasteiger partial charge on any atom is -0.310 e. The lowest BCUT2D eigenvalue weighted by molar-refractivity contribution is 0.587. The number of benzene rings is 2. The fourth-order valence-electron chi connectivity index (χ4n) is 1.98. The standard InChI is InChI=1S/C16H16Cl2FN/c1-10(2)20-9-11-3-5-13(19)8-15(11)14-6-4-12(17)7-16(14)18/h3-8,10,20H,9H2,1-2H3. The predicted octanol–water partition coefficient (Wildman–Crippen LogP) is 5.30. The molecule has 0 radical (unpaired) electrons. The van der Waals surface area contributed by atoms with Crippen LogP contribution in [-0.4, -0.2) is 6.04 Å². The minimum atomic E-state index is -0.278. The van der Waals surface area contributed by atoms with E-state index >= 15 is 0 Å². The lowest BCUT2D eigenvalue weighted by atomic mass is 9.99. The molecule has 0 amide bonds. The van der Waals surface area contributed by atoms with E-state index in [2.05, 4.69) is 19.2 Å². The molecule has 0 spiro atoms. The van der Waals surface area contributed by atoms with E-state index in [0.717, 1.165) is 16.7 Å². The van der Waals surface area contributed by atoms with Crippen LogP contribution in [0.4, 0.5) is 4.39 Å². The largest absolute Gasteiger partial charge is 0.310 e. The SMILES string of the molecule is CC(C)NCc1ccc(F)cc1-c1ccc(Cl)cc1Cl. The zero-order valence-electron chi connectivity index (χ0n) is 11.4. The van der Waals surface area contributed by atoms with E-state index in [9.17, 15) is 4.39 Å². The molecule has 1 N–H and O–H groups in total. The fraction of sp³-hybridized carbons (Fsp3) is 0.250. The molecule has 2 aromatic carbocycles. The summed E-state index contributed by atoms with van der Waals surface area (Å²) >= 11 is 12.1. The normalized spacial score (nSPS) is 11.1. The molecule has 106 valence electrons. The smallest absolute Gasteiger partial charge is 0.123 e. The number of rotatable bonds is 4. The average molecular weight is 312 g/mol. The molecule has 0 bridgehead atoms. The van der Waals surface area contributed by atoms with Crippen molar-refractivity contribution >= 4 is 23.2 Å². The van der Waals surface area contributed by atoms with E-state index < -0.39 is 0 Å². The molecule has 0 unspecified atom stereocenters. The van der Waals surface area contributed by atoms with Crippen molar-refractivity contribution in [3.8, 4) is 11.1 Å². The molecule has 0 saturated carbocycles. The Morgan fingerprint density at radius 1 is 1.05 bits per heavy atom. The monoisotopic (exact) mass is 311 g/mol. The molecule has 20 heavy (non-hydrogen) atoms. The predicted molar refractivity (Wildman–Crippen MR) is 83.8 cm³/mol. The molecule has 0 atom stereocenters. The van der Waals surface area contributed by atoms with E-state index in [0.29, 0.717) is 22.6 Å². The van der Waals surface area contributed by atoms with Gasteiger partial charge in [0.05, 0.1) is 0 Å². The average Bonchev–Trinajstić information content (AvgIpc) is 2.37. The zero-order valence-corrected chi connectivity index (χ0v) is 12.9. The quantitative estimate of drug-likeness (QED) is 0.808. The maximum atomic E-state index is 13.6. The summed E-state index contributed by atoms with van der Waals surface area (Å²) in [5.41, 5.74) is 2.58. The van der Waals surface area contributed by atoms with Gasteiger partial charge >= 0.3 is 0 Å². The molecule has 0 saturated heterocycles. The van der Waals surface area contributed by atoms with Gasteiger partial charge in [0.1, 0.15) is 5.82 Å². The summed E-state index contributed by atoms with van der Waals surface area (Å²) in [6, 6.07) is 10.4. The minimum absolute atomic E-state index is 0.278. The number of hydrogen-bond acceptors (Lipinski definition) is 1. The first-order valence-electron chi connectivity index (χ1n) is 6.44. The maximum Gasteiger partial charge on any atom is 0.123 e. The van der Waals surface area contributed by atoms with Crippen molar-refractivity contribution in [2.45, 2.75) is 26.4 Å². The molecular weight excluding hydrogens is 296 g/mol. The van der Waals surface area contributed by atoms with Crippen LogP contribution in [0.3, 0.4) is 0 Å². The molecule has 0 aromatic heterocycles. The van der Waals surface area contributed by atoms with Gasteiger partial charge in [-0.1, -0.05) is 49.2 Å². The third-order valence-corrected chi connectivity index (χ3v) is 3.54. The van der Waals surface area contributed by atoms with Gasteiger partial charge in [-0.25, -0.2) is 4.39 Å². The third kappa shape index (κ3) is 3.72. The van der Waals surface area contributed by atoms with E-state index in [4.69, 9.17) is 23.2 Å². The summed E-state index contributed by atoms with van der Waals surface area (Å²) in [7, 11) is 0. The summed E-state index contributed by atoms with van der Waals surface area (Å²) in [5.74, 6) is -0.278. The van der Waals surface area contributed by atoms with Gasteiger partial charge in [-0.15, -0.1) is 0 Å². The van der Waals surface area contributed by atoms with Gasteiger partial charge in [-0.2, -0.15) is 0 Å². The molecule has 0 heterocycles. The second-order valence-electron chi connectivity index (χ2n) is 4.96. The first kappa shape index (κ1) is 15.3. The molecule has 4 heteroatoms. The van der Waals surface area contributed by atoms with E-state index in [1.807, 2.05) is 6.07 Å². The number of halogens is 3. The number of hydrogen-bond donors (Lipinski definition) is 1. The highest BCUT2D eigenvalue weighted by Crippen LogP contribution is 2.33. The Balaban J connectivity index is 2.45. The fourth-order valence-corrected chi connectivity index (χ4v) is 2.49. The van der Waals surface area contributed by atoms with Crippen LogP contribution in [0.5, 0.6) is 0 Å². The summed E-state index contributed by atoms with van der Waals surface area (Å²) in [4.78, 5) is 0.